The Morgan fingerprint density at radius 1 is 0.967 bits per heavy atom. The highest BCUT2D eigenvalue weighted by molar-refractivity contribution is 9.10. The molecule has 0 unspecified atom stereocenters. The van der Waals surface area contributed by atoms with Crippen LogP contribution in [0.2, 0.25) is 5.02 Å². The summed E-state index contributed by atoms with van der Waals surface area (Å²) in [5.74, 6) is -1.11. The summed E-state index contributed by atoms with van der Waals surface area (Å²) in [5, 5.41) is 4.79. The highest BCUT2D eigenvalue weighted by Gasteiger charge is 2.15. The minimum Gasteiger partial charge on any atom is -0.292 e. The number of carbonyl (C=O) groups excluding carboxylic acids is 3. The molecule has 0 aliphatic carbocycles. The van der Waals surface area contributed by atoms with Crippen molar-refractivity contribution >= 4 is 45.1 Å². The second-order valence-electron chi connectivity index (χ2n) is 6.53. The summed E-state index contributed by atoms with van der Waals surface area (Å²) in [5.41, 5.74) is 7.23. The second-order valence-corrected chi connectivity index (χ2v) is 7.76. The standard InChI is InChI=1S/C21H18BrClN4O3/c1-12-19(23)13(2)27(26-12)11-18(28)14-7-9-15(10-8-14)20(29)24-25-21(30)16-5-3-4-6-17(16)22/h3-10H,11H2,1-2H3,(H,24,29)(H,25,30). The van der Waals surface area contributed by atoms with Gasteiger partial charge in [-0.05, 0) is 54.0 Å². The van der Waals surface area contributed by atoms with E-state index in [2.05, 4.69) is 31.9 Å². The molecule has 0 bridgehead atoms. The van der Waals surface area contributed by atoms with Crippen molar-refractivity contribution in [3.8, 4) is 0 Å². The molecule has 0 saturated heterocycles. The fraction of sp³-hybridized carbons (Fsp3) is 0.143. The van der Waals surface area contributed by atoms with E-state index in [0.717, 1.165) is 5.69 Å². The predicted molar refractivity (Wildman–Crippen MR) is 117 cm³/mol. The third-order valence-electron chi connectivity index (χ3n) is 4.46. The van der Waals surface area contributed by atoms with Gasteiger partial charge >= 0.3 is 0 Å². The first-order chi connectivity index (χ1) is 14.3. The van der Waals surface area contributed by atoms with Gasteiger partial charge in [-0.3, -0.25) is 29.9 Å². The van der Waals surface area contributed by atoms with Crippen molar-refractivity contribution in [3.63, 3.8) is 0 Å². The fourth-order valence-corrected chi connectivity index (χ4v) is 3.36. The van der Waals surface area contributed by atoms with E-state index < -0.39 is 11.8 Å². The lowest BCUT2D eigenvalue weighted by Crippen LogP contribution is -2.41. The maximum absolute atomic E-state index is 12.5. The first kappa shape index (κ1) is 21.7. The summed E-state index contributed by atoms with van der Waals surface area (Å²) in [6.45, 7) is 3.62. The van der Waals surface area contributed by atoms with Crippen molar-refractivity contribution in [2.45, 2.75) is 20.4 Å². The van der Waals surface area contributed by atoms with E-state index in [9.17, 15) is 14.4 Å². The summed E-state index contributed by atoms with van der Waals surface area (Å²) in [6, 6.07) is 13.0. The van der Waals surface area contributed by atoms with Crippen LogP contribution in [-0.4, -0.2) is 27.4 Å². The number of halogens is 2. The van der Waals surface area contributed by atoms with Crippen LogP contribution in [0.4, 0.5) is 0 Å². The number of hydrogen-bond acceptors (Lipinski definition) is 4. The number of hydrazine groups is 1. The molecule has 0 aliphatic rings. The average molecular weight is 490 g/mol. The van der Waals surface area contributed by atoms with Gasteiger partial charge in [-0.1, -0.05) is 35.9 Å². The first-order valence-electron chi connectivity index (χ1n) is 8.96. The van der Waals surface area contributed by atoms with Crippen LogP contribution in [0.5, 0.6) is 0 Å². The number of benzene rings is 2. The van der Waals surface area contributed by atoms with Crippen LogP contribution in [0.25, 0.3) is 0 Å². The molecule has 30 heavy (non-hydrogen) atoms. The van der Waals surface area contributed by atoms with Crippen molar-refractivity contribution in [1.82, 2.24) is 20.6 Å². The molecule has 7 nitrogen and oxygen atoms in total. The first-order valence-corrected chi connectivity index (χ1v) is 10.1. The number of rotatable bonds is 5. The van der Waals surface area contributed by atoms with Crippen LogP contribution >= 0.6 is 27.5 Å². The SMILES string of the molecule is Cc1nn(CC(=O)c2ccc(C(=O)NNC(=O)c3ccccc3Br)cc2)c(C)c1Cl. The molecule has 9 heteroatoms. The molecule has 0 radical (unpaired) electrons. The third-order valence-corrected chi connectivity index (χ3v) is 5.70. The summed E-state index contributed by atoms with van der Waals surface area (Å²) < 4.78 is 2.17. The molecule has 2 aromatic carbocycles. The van der Waals surface area contributed by atoms with Crippen LogP contribution < -0.4 is 10.9 Å². The summed E-state index contributed by atoms with van der Waals surface area (Å²) in [6.07, 6.45) is 0. The Labute approximate surface area is 186 Å². The number of aryl methyl sites for hydroxylation is 1. The van der Waals surface area contributed by atoms with Crippen LogP contribution in [0.3, 0.4) is 0 Å². The molecular weight excluding hydrogens is 472 g/mol. The Kier molecular flexibility index (Phi) is 6.69. The molecule has 1 aromatic heterocycles. The second kappa shape index (κ2) is 9.23. The normalized spacial score (nSPS) is 10.5. The van der Waals surface area contributed by atoms with E-state index in [1.54, 1.807) is 54.9 Å². The summed E-state index contributed by atoms with van der Waals surface area (Å²) >= 11 is 9.40. The van der Waals surface area contributed by atoms with Gasteiger partial charge < -0.3 is 0 Å². The van der Waals surface area contributed by atoms with Gasteiger partial charge in [-0.25, -0.2) is 0 Å². The Balaban J connectivity index is 1.61. The van der Waals surface area contributed by atoms with E-state index in [1.807, 2.05) is 0 Å². The molecule has 0 atom stereocenters. The quantitative estimate of drug-likeness (QED) is 0.420. The maximum Gasteiger partial charge on any atom is 0.270 e. The summed E-state index contributed by atoms with van der Waals surface area (Å²) in [4.78, 5) is 36.9. The molecule has 3 aromatic rings. The monoisotopic (exact) mass is 488 g/mol. The molecule has 1 heterocycles. The van der Waals surface area contributed by atoms with Gasteiger partial charge in [0.15, 0.2) is 5.78 Å². The van der Waals surface area contributed by atoms with Gasteiger partial charge in [0.2, 0.25) is 0 Å². The number of carbonyl (C=O) groups is 3. The zero-order valence-electron chi connectivity index (χ0n) is 16.2. The summed E-state index contributed by atoms with van der Waals surface area (Å²) in [7, 11) is 0. The minimum atomic E-state index is -0.500. The number of Topliss-reactive ketones (excluding diaryl/α,β-unsaturated/α-hetero) is 1. The van der Waals surface area contributed by atoms with Crippen LogP contribution in [0.15, 0.2) is 53.0 Å². The van der Waals surface area contributed by atoms with Crippen molar-refractivity contribution in [2.24, 2.45) is 0 Å². The van der Waals surface area contributed by atoms with Crippen molar-refractivity contribution < 1.29 is 14.4 Å². The third kappa shape index (κ3) is 4.77. The Morgan fingerprint density at radius 3 is 2.17 bits per heavy atom. The molecule has 0 fully saturated rings. The van der Waals surface area contributed by atoms with Gasteiger partial charge in [-0.2, -0.15) is 5.10 Å². The topological polar surface area (TPSA) is 93.1 Å². The number of nitrogens with zero attached hydrogens (tertiary/aromatic N) is 2. The molecule has 154 valence electrons. The van der Waals surface area contributed by atoms with Crippen molar-refractivity contribution in [3.05, 3.63) is 86.1 Å². The molecule has 2 N–H and O–H groups in total. The number of nitrogens with one attached hydrogen (secondary N) is 2. The zero-order chi connectivity index (χ0) is 21.8. The minimum absolute atomic E-state index is 0.0486. The van der Waals surface area contributed by atoms with E-state index in [1.165, 1.54) is 12.1 Å². The highest BCUT2D eigenvalue weighted by atomic mass is 79.9. The number of hydrogen-bond donors (Lipinski definition) is 2. The Bertz CT molecular complexity index is 1130. The van der Waals surface area contributed by atoms with E-state index >= 15 is 0 Å². The molecule has 0 saturated carbocycles. The smallest absolute Gasteiger partial charge is 0.270 e. The molecule has 0 spiro atoms. The molecule has 0 aliphatic heterocycles. The van der Waals surface area contributed by atoms with Gasteiger partial charge in [0.05, 0.1) is 22.0 Å². The number of amides is 2. The van der Waals surface area contributed by atoms with Crippen molar-refractivity contribution in [2.75, 3.05) is 0 Å². The van der Waals surface area contributed by atoms with Gasteiger partial charge in [-0.15, -0.1) is 0 Å². The van der Waals surface area contributed by atoms with Gasteiger partial charge in [0.1, 0.15) is 6.54 Å². The molecule has 2 amide bonds. The predicted octanol–water partition coefficient (Wildman–Crippen LogP) is 3.87. The van der Waals surface area contributed by atoms with Crippen LogP contribution in [0, 0.1) is 13.8 Å². The lowest BCUT2D eigenvalue weighted by molar-refractivity contribution is 0.0846. The lowest BCUT2D eigenvalue weighted by atomic mass is 10.1. The van der Waals surface area contributed by atoms with E-state index in [-0.39, 0.29) is 12.3 Å². The molecule has 3 rings (SSSR count). The Hall–Kier alpha value is -2.97. The van der Waals surface area contributed by atoms with Crippen molar-refractivity contribution in [1.29, 1.82) is 0 Å². The highest BCUT2D eigenvalue weighted by Crippen LogP contribution is 2.19. The number of ketones is 1. The fourth-order valence-electron chi connectivity index (χ4n) is 2.76. The number of aromatic nitrogens is 2. The Morgan fingerprint density at radius 2 is 1.57 bits per heavy atom. The average Bonchev–Trinajstić information content (AvgIpc) is 2.98. The van der Waals surface area contributed by atoms with E-state index in [0.29, 0.717) is 31.9 Å². The largest absolute Gasteiger partial charge is 0.292 e. The molecular formula is C21H18BrClN4O3. The van der Waals surface area contributed by atoms with Gasteiger partial charge in [0, 0.05) is 15.6 Å². The zero-order valence-corrected chi connectivity index (χ0v) is 18.5. The maximum atomic E-state index is 12.5. The lowest BCUT2D eigenvalue weighted by Gasteiger charge is -2.09. The van der Waals surface area contributed by atoms with E-state index in [4.69, 9.17) is 11.6 Å². The van der Waals surface area contributed by atoms with Crippen LogP contribution in [-0.2, 0) is 6.54 Å². The van der Waals surface area contributed by atoms with Crippen LogP contribution in [0.1, 0.15) is 42.5 Å². The van der Waals surface area contributed by atoms with Gasteiger partial charge in [0.25, 0.3) is 11.8 Å².